The standard InChI is InChI=1S/C26H33N3O4/c1-19(2)33-26(31)18-29-23-10-7-6-9-22(23)28-24(29)11-5-4-8-16-27-25(30)17-20-12-14-21(32-3)15-13-20/h6-7,9-10,12-15,19H,4-5,8,11,16-18H2,1-3H3,(H,27,30). The number of rotatable bonds is 12. The molecule has 0 bridgehead atoms. The summed E-state index contributed by atoms with van der Waals surface area (Å²) < 4.78 is 12.4. The van der Waals surface area contributed by atoms with Crippen LogP contribution in [0, 0.1) is 0 Å². The molecular formula is C26H33N3O4. The van der Waals surface area contributed by atoms with Crippen LogP contribution in [0.25, 0.3) is 11.0 Å². The van der Waals surface area contributed by atoms with E-state index >= 15 is 0 Å². The number of aryl methyl sites for hydroxylation is 1. The lowest BCUT2D eigenvalue weighted by atomic mass is 10.1. The van der Waals surface area contributed by atoms with Crippen molar-refractivity contribution in [2.24, 2.45) is 0 Å². The van der Waals surface area contributed by atoms with Crippen molar-refractivity contribution in [1.82, 2.24) is 14.9 Å². The van der Waals surface area contributed by atoms with Gasteiger partial charge in [-0.2, -0.15) is 0 Å². The molecule has 0 spiro atoms. The molecule has 3 aromatic rings. The number of para-hydroxylation sites is 2. The molecule has 1 heterocycles. The number of esters is 1. The van der Waals surface area contributed by atoms with Crippen LogP contribution in [-0.2, 0) is 33.7 Å². The number of methoxy groups -OCH3 is 1. The van der Waals surface area contributed by atoms with Gasteiger partial charge in [0.05, 0.1) is 30.7 Å². The Bertz CT molecular complexity index is 1060. The summed E-state index contributed by atoms with van der Waals surface area (Å²) >= 11 is 0. The highest BCUT2D eigenvalue weighted by molar-refractivity contribution is 5.79. The predicted molar refractivity (Wildman–Crippen MR) is 128 cm³/mol. The van der Waals surface area contributed by atoms with Crippen LogP contribution in [0.4, 0.5) is 0 Å². The number of carbonyl (C=O) groups is 2. The zero-order chi connectivity index (χ0) is 23.6. The summed E-state index contributed by atoms with van der Waals surface area (Å²) in [6.45, 7) is 4.50. The average molecular weight is 452 g/mol. The first-order valence-electron chi connectivity index (χ1n) is 11.5. The number of ether oxygens (including phenoxy) is 2. The summed E-state index contributed by atoms with van der Waals surface area (Å²) in [5.74, 6) is 1.43. The number of hydrogen-bond acceptors (Lipinski definition) is 5. The molecular weight excluding hydrogens is 418 g/mol. The maximum atomic E-state index is 12.2. The van der Waals surface area contributed by atoms with E-state index in [9.17, 15) is 9.59 Å². The van der Waals surface area contributed by atoms with E-state index in [-0.39, 0.29) is 24.5 Å². The zero-order valence-corrected chi connectivity index (χ0v) is 19.7. The maximum Gasteiger partial charge on any atom is 0.326 e. The number of unbranched alkanes of at least 4 members (excludes halogenated alkanes) is 2. The lowest BCUT2D eigenvalue weighted by Crippen LogP contribution is -2.26. The zero-order valence-electron chi connectivity index (χ0n) is 19.7. The number of fused-ring (bicyclic) bond motifs is 1. The molecule has 0 atom stereocenters. The molecule has 0 aliphatic carbocycles. The molecule has 2 aromatic carbocycles. The molecule has 33 heavy (non-hydrogen) atoms. The number of nitrogens with one attached hydrogen (secondary N) is 1. The van der Waals surface area contributed by atoms with Crippen molar-refractivity contribution in [3.63, 3.8) is 0 Å². The van der Waals surface area contributed by atoms with Crippen molar-refractivity contribution >= 4 is 22.9 Å². The Balaban J connectivity index is 1.44. The molecule has 7 nitrogen and oxygen atoms in total. The molecule has 1 aromatic heterocycles. The highest BCUT2D eigenvalue weighted by Gasteiger charge is 2.15. The number of aromatic nitrogens is 2. The Hall–Kier alpha value is -3.35. The largest absolute Gasteiger partial charge is 0.497 e. The van der Waals surface area contributed by atoms with Gasteiger partial charge in [0.25, 0.3) is 0 Å². The third kappa shape index (κ3) is 7.34. The Morgan fingerprint density at radius 3 is 2.52 bits per heavy atom. The molecule has 7 heteroatoms. The monoisotopic (exact) mass is 451 g/mol. The highest BCUT2D eigenvalue weighted by Crippen LogP contribution is 2.18. The molecule has 0 radical (unpaired) electrons. The van der Waals surface area contributed by atoms with Gasteiger partial charge in [0, 0.05) is 13.0 Å². The van der Waals surface area contributed by atoms with Crippen molar-refractivity contribution in [2.45, 2.75) is 58.6 Å². The fourth-order valence-corrected chi connectivity index (χ4v) is 3.73. The number of carbonyl (C=O) groups excluding carboxylic acids is 2. The number of hydrogen-bond donors (Lipinski definition) is 1. The summed E-state index contributed by atoms with van der Waals surface area (Å²) in [5.41, 5.74) is 2.79. The van der Waals surface area contributed by atoms with Crippen LogP contribution in [0.2, 0.25) is 0 Å². The summed E-state index contributed by atoms with van der Waals surface area (Å²) in [4.78, 5) is 29.1. The van der Waals surface area contributed by atoms with Crippen molar-refractivity contribution in [3.8, 4) is 5.75 Å². The first kappa shape index (κ1) is 24.3. The van der Waals surface area contributed by atoms with Crippen molar-refractivity contribution in [3.05, 3.63) is 59.9 Å². The molecule has 176 valence electrons. The van der Waals surface area contributed by atoms with E-state index in [1.807, 2.05) is 66.9 Å². The van der Waals surface area contributed by atoms with Gasteiger partial charge in [0.2, 0.25) is 5.91 Å². The van der Waals surface area contributed by atoms with Crippen LogP contribution in [0.3, 0.4) is 0 Å². The second kappa shape index (κ2) is 12.0. The van der Waals surface area contributed by atoms with Crippen LogP contribution in [-0.4, -0.2) is 41.2 Å². The average Bonchev–Trinajstić information content (AvgIpc) is 3.13. The van der Waals surface area contributed by atoms with Gasteiger partial charge >= 0.3 is 5.97 Å². The predicted octanol–water partition coefficient (Wildman–Crippen LogP) is 4.07. The molecule has 0 aliphatic heterocycles. The van der Waals surface area contributed by atoms with Crippen LogP contribution in [0.5, 0.6) is 5.75 Å². The molecule has 0 aliphatic rings. The Morgan fingerprint density at radius 2 is 1.79 bits per heavy atom. The van der Waals surface area contributed by atoms with Gasteiger partial charge in [-0.15, -0.1) is 0 Å². The molecule has 0 fully saturated rings. The van der Waals surface area contributed by atoms with Gasteiger partial charge in [-0.25, -0.2) is 4.98 Å². The quantitative estimate of drug-likeness (QED) is 0.332. The SMILES string of the molecule is COc1ccc(CC(=O)NCCCCCc2nc3ccccc3n2CC(=O)OC(C)C)cc1. The topological polar surface area (TPSA) is 82.5 Å². The van der Waals surface area contributed by atoms with E-state index in [0.29, 0.717) is 13.0 Å². The van der Waals surface area contributed by atoms with Crippen molar-refractivity contribution < 1.29 is 19.1 Å². The van der Waals surface area contributed by atoms with E-state index in [1.165, 1.54) is 0 Å². The van der Waals surface area contributed by atoms with Crippen molar-refractivity contribution in [2.75, 3.05) is 13.7 Å². The smallest absolute Gasteiger partial charge is 0.326 e. The highest BCUT2D eigenvalue weighted by atomic mass is 16.5. The Labute approximate surface area is 195 Å². The first-order valence-corrected chi connectivity index (χ1v) is 11.5. The summed E-state index contributed by atoms with van der Waals surface area (Å²) in [7, 11) is 1.62. The summed E-state index contributed by atoms with van der Waals surface area (Å²) in [6, 6.07) is 15.4. The van der Waals surface area contributed by atoms with Crippen LogP contribution >= 0.6 is 0 Å². The molecule has 0 unspecified atom stereocenters. The normalized spacial score (nSPS) is 11.0. The van der Waals surface area contributed by atoms with E-state index in [4.69, 9.17) is 14.5 Å². The minimum Gasteiger partial charge on any atom is -0.497 e. The fraction of sp³-hybridized carbons (Fsp3) is 0.423. The van der Waals surface area contributed by atoms with E-state index in [1.54, 1.807) is 7.11 Å². The van der Waals surface area contributed by atoms with Gasteiger partial charge in [-0.05, 0) is 56.5 Å². The van der Waals surface area contributed by atoms with Gasteiger partial charge in [0.1, 0.15) is 18.1 Å². The number of benzene rings is 2. The second-order valence-electron chi connectivity index (χ2n) is 8.33. The Morgan fingerprint density at radius 1 is 1.03 bits per heavy atom. The maximum absolute atomic E-state index is 12.2. The second-order valence-corrected chi connectivity index (χ2v) is 8.33. The third-order valence-corrected chi connectivity index (χ3v) is 5.31. The third-order valence-electron chi connectivity index (χ3n) is 5.31. The van der Waals surface area contributed by atoms with Crippen LogP contribution in [0.1, 0.15) is 44.5 Å². The Kier molecular flexibility index (Phi) is 8.87. The fourth-order valence-electron chi connectivity index (χ4n) is 3.73. The van der Waals surface area contributed by atoms with Gasteiger partial charge in [-0.3, -0.25) is 9.59 Å². The molecule has 0 saturated carbocycles. The summed E-state index contributed by atoms with van der Waals surface area (Å²) in [5, 5.41) is 2.98. The van der Waals surface area contributed by atoms with E-state index in [2.05, 4.69) is 5.32 Å². The molecule has 3 rings (SSSR count). The number of imidazole rings is 1. The van der Waals surface area contributed by atoms with Gasteiger partial charge < -0.3 is 19.4 Å². The number of nitrogens with zero attached hydrogens (tertiary/aromatic N) is 2. The minimum absolute atomic E-state index is 0.0191. The van der Waals surface area contributed by atoms with E-state index in [0.717, 1.165) is 53.9 Å². The van der Waals surface area contributed by atoms with E-state index < -0.39 is 0 Å². The minimum atomic E-state index is -0.256. The molecule has 1 N–H and O–H groups in total. The molecule has 1 amide bonds. The van der Waals surface area contributed by atoms with Crippen molar-refractivity contribution in [1.29, 1.82) is 0 Å². The summed E-state index contributed by atoms with van der Waals surface area (Å²) in [6.07, 6.45) is 3.77. The lowest BCUT2D eigenvalue weighted by molar-refractivity contribution is -0.148. The van der Waals surface area contributed by atoms with Crippen LogP contribution in [0.15, 0.2) is 48.5 Å². The number of amides is 1. The first-order chi connectivity index (χ1) is 16.0. The lowest BCUT2D eigenvalue weighted by Gasteiger charge is -2.11. The molecule has 0 saturated heterocycles. The van der Waals surface area contributed by atoms with Gasteiger partial charge in [-0.1, -0.05) is 30.7 Å². The van der Waals surface area contributed by atoms with Crippen LogP contribution < -0.4 is 10.1 Å². The van der Waals surface area contributed by atoms with Gasteiger partial charge in [0.15, 0.2) is 0 Å².